The maximum absolute atomic E-state index is 14.8. The summed E-state index contributed by atoms with van der Waals surface area (Å²) in [5.41, 5.74) is 0.0369. The average molecular weight is 440 g/mol. The molecule has 1 fully saturated rings. The van der Waals surface area contributed by atoms with E-state index in [0.717, 1.165) is 49.3 Å². The van der Waals surface area contributed by atoms with Crippen LogP contribution in [0.2, 0.25) is 0 Å². The number of hydrogen-bond donors (Lipinski definition) is 0. The summed E-state index contributed by atoms with van der Waals surface area (Å²) in [4.78, 5) is 0. The zero-order valence-corrected chi connectivity index (χ0v) is 17.4. The maximum atomic E-state index is 14.8. The lowest BCUT2D eigenvalue weighted by Gasteiger charge is -2.29. The van der Waals surface area contributed by atoms with Crippen LogP contribution in [-0.4, -0.2) is 6.18 Å². The van der Waals surface area contributed by atoms with E-state index in [1.54, 1.807) is 6.07 Å². The topological polar surface area (TPSA) is 0 Å². The Bertz CT molecular complexity index is 897. The normalized spacial score (nSPS) is 19.8. The summed E-state index contributed by atoms with van der Waals surface area (Å²) in [6.07, 6.45) is 3.31. The molecule has 2 aromatic carbocycles. The van der Waals surface area contributed by atoms with Crippen LogP contribution in [0.3, 0.4) is 0 Å². The second kappa shape index (κ2) is 9.92. The van der Waals surface area contributed by atoms with Crippen LogP contribution in [0, 0.1) is 23.4 Å². The van der Waals surface area contributed by atoms with E-state index in [2.05, 4.69) is 6.92 Å². The third kappa shape index (κ3) is 6.14. The summed E-state index contributed by atoms with van der Waals surface area (Å²) in [6, 6.07) is 6.40. The molecule has 0 bridgehead atoms. The lowest BCUT2D eigenvalue weighted by atomic mass is 9.77. The molecule has 31 heavy (non-hydrogen) atoms. The van der Waals surface area contributed by atoms with E-state index in [4.69, 9.17) is 0 Å². The third-order valence-corrected chi connectivity index (χ3v) is 6.11. The van der Waals surface area contributed by atoms with Crippen molar-refractivity contribution in [3.05, 3.63) is 65.0 Å². The van der Waals surface area contributed by atoms with Gasteiger partial charge in [0.2, 0.25) is 0 Å². The van der Waals surface area contributed by atoms with Crippen molar-refractivity contribution in [3.8, 4) is 11.1 Å². The number of halogens is 6. The largest absolute Gasteiger partial charge is 0.409 e. The van der Waals surface area contributed by atoms with E-state index in [1.165, 1.54) is 31.4 Å². The van der Waals surface area contributed by atoms with Crippen LogP contribution in [0.5, 0.6) is 0 Å². The van der Waals surface area contributed by atoms with Gasteiger partial charge in [0.05, 0.1) is 0 Å². The molecule has 0 unspecified atom stereocenters. The van der Waals surface area contributed by atoms with Crippen LogP contribution >= 0.6 is 0 Å². The SMILES string of the molecule is CCCCC1CCC(c2ccc(-c3cc(F)c(C=CC(F)(F)F)c(F)c3)c(F)c2)CC1. The number of allylic oxidation sites excluding steroid dienone is 1. The van der Waals surface area contributed by atoms with Crippen LogP contribution in [0.15, 0.2) is 36.4 Å². The van der Waals surface area contributed by atoms with Crippen molar-refractivity contribution in [2.24, 2.45) is 5.92 Å². The second-order valence-corrected chi connectivity index (χ2v) is 8.33. The van der Waals surface area contributed by atoms with Gasteiger partial charge < -0.3 is 0 Å². The van der Waals surface area contributed by atoms with Gasteiger partial charge in [-0.3, -0.25) is 0 Å². The van der Waals surface area contributed by atoms with E-state index >= 15 is 0 Å². The monoisotopic (exact) mass is 440 g/mol. The Balaban J connectivity index is 1.77. The minimum Gasteiger partial charge on any atom is -0.206 e. The molecule has 0 aliphatic heterocycles. The molecular formula is C25H26F6. The quantitative estimate of drug-likeness (QED) is 0.394. The van der Waals surface area contributed by atoms with Crippen LogP contribution in [0.25, 0.3) is 17.2 Å². The van der Waals surface area contributed by atoms with E-state index in [9.17, 15) is 26.3 Å². The molecule has 3 rings (SSSR count). The Morgan fingerprint density at radius 3 is 2.10 bits per heavy atom. The first-order valence-electron chi connectivity index (χ1n) is 10.7. The van der Waals surface area contributed by atoms with E-state index < -0.39 is 29.2 Å². The zero-order chi connectivity index (χ0) is 22.6. The summed E-state index contributed by atoms with van der Waals surface area (Å²) < 4.78 is 80.1. The Hall–Kier alpha value is -2.24. The fourth-order valence-corrected chi connectivity index (χ4v) is 4.37. The van der Waals surface area contributed by atoms with Crippen LogP contribution < -0.4 is 0 Å². The van der Waals surface area contributed by atoms with Gasteiger partial charge in [0.15, 0.2) is 0 Å². The Labute approximate surface area is 179 Å². The average Bonchev–Trinajstić information content (AvgIpc) is 2.71. The molecule has 6 heteroatoms. The Kier molecular flexibility index (Phi) is 7.50. The van der Waals surface area contributed by atoms with Crippen molar-refractivity contribution < 1.29 is 26.3 Å². The van der Waals surface area contributed by atoms with Crippen molar-refractivity contribution in [1.82, 2.24) is 0 Å². The Morgan fingerprint density at radius 2 is 1.55 bits per heavy atom. The number of hydrogen-bond acceptors (Lipinski definition) is 0. The molecule has 1 aliphatic carbocycles. The number of rotatable bonds is 6. The van der Waals surface area contributed by atoms with Crippen molar-refractivity contribution >= 4 is 6.08 Å². The predicted octanol–water partition coefficient (Wildman–Crippen LogP) is 8.81. The predicted molar refractivity (Wildman–Crippen MR) is 111 cm³/mol. The highest BCUT2D eigenvalue weighted by atomic mass is 19.4. The highest BCUT2D eigenvalue weighted by Crippen LogP contribution is 2.39. The fraction of sp³-hybridized carbons (Fsp3) is 0.440. The van der Waals surface area contributed by atoms with Crippen molar-refractivity contribution in [2.75, 3.05) is 0 Å². The van der Waals surface area contributed by atoms with Crippen molar-refractivity contribution in [2.45, 2.75) is 64.0 Å². The number of unbranched alkanes of at least 4 members (excludes halogenated alkanes) is 1. The van der Waals surface area contributed by atoms with Gasteiger partial charge in [-0.15, -0.1) is 0 Å². The van der Waals surface area contributed by atoms with Crippen LogP contribution in [0.4, 0.5) is 26.3 Å². The second-order valence-electron chi connectivity index (χ2n) is 8.33. The van der Waals surface area contributed by atoms with E-state index in [1.807, 2.05) is 0 Å². The first-order valence-corrected chi connectivity index (χ1v) is 10.7. The lowest BCUT2D eigenvalue weighted by molar-refractivity contribution is -0.0790. The molecule has 1 saturated carbocycles. The van der Waals surface area contributed by atoms with Gasteiger partial charge >= 0.3 is 6.18 Å². The van der Waals surface area contributed by atoms with Crippen molar-refractivity contribution in [3.63, 3.8) is 0 Å². The standard InChI is InChI=1S/C25H26F6/c1-2-3-4-16-5-7-17(8-6-16)18-9-10-20(22(26)13-18)19-14-23(27)21(24(28)15-19)11-12-25(29,30)31/h9-17H,2-8H2,1H3. The molecule has 0 N–H and O–H groups in total. The minimum atomic E-state index is -4.69. The van der Waals surface area contributed by atoms with Gasteiger partial charge in [-0.05, 0) is 72.9 Å². The van der Waals surface area contributed by atoms with Crippen molar-refractivity contribution in [1.29, 1.82) is 0 Å². The number of alkyl halides is 3. The summed E-state index contributed by atoms with van der Waals surface area (Å²) in [5.74, 6) is -1.95. The molecule has 0 spiro atoms. The molecule has 2 aromatic rings. The van der Waals surface area contributed by atoms with Gasteiger partial charge in [0.1, 0.15) is 17.5 Å². The van der Waals surface area contributed by atoms with Gasteiger partial charge in [-0.25, -0.2) is 13.2 Å². The number of benzene rings is 2. The first kappa shape index (κ1) is 23.4. The fourth-order valence-electron chi connectivity index (χ4n) is 4.37. The molecule has 0 saturated heterocycles. The van der Waals surface area contributed by atoms with Gasteiger partial charge in [-0.2, -0.15) is 13.2 Å². The summed E-state index contributed by atoms with van der Waals surface area (Å²) in [6.45, 7) is 2.18. The maximum Gasteiger partial charge on any atom is 0.409 e. The smallest absolute Gasteiger partial charge is 0.206 e. The van der Waals surface area contributed by atoms with Gasteiger partial charge in [0.25, 0.3) is 0 Å². The Morgan fingerprint density at radius 1 is 0.903 bits per heavy atom. The first-order chi connectivity index (χ1) is 14.7. The summed E-state index contributed by atoms with van der Waals surface area (Å²) in [5, 5.41) is 0. The molecule has 0 radical (unpaired) electrons. The molecule has 0 amide bonds. The third-order valence-electron chi connectivity index (χ3n) is 6.11. The van der Waals surface area contributed by atoms with Crippen LogP contribution in [-0.2, 0) is 0 Å². The molecule has 0 atom stereocenters. The molecule has 168 valence electrons. The van der Waals surface area contributed by atoms with Gasteiger partial charge in [0, 0.05) is 17.2 Å². The van der Waals surface area contributed by atoms with Crippen LogP contribution in [0.1, 0.15) is 68.9 Å². The summed E-state index contributed by atoms with van der Waals surface area (Å²) >= 11 is 0. The highest BCUT2D eigenvalue weighted by Gasteiger charge is 2.24. The highest BCUT2D eigenvalue weighted by molar-refractivity contribution is 5.67. The lowest BCUT2D eigenvalue weighted by Crippen LogP contribution is -2.13. The molecule has 0 nitrogen and oxygen atoms in total. The molecule has 0 aromatic heterocycles. The van der Waals surface area contributed by atoms with Gasteiger partial charge in [-0.1, -0.05) is 38.3 Å². The molecule has 1 aliphatic rings. The molecule has 0 heterocycles. The molecular weight excluding hydrogens is 414 g/mol. The summed E-state index contributed by atoms with van der Waals surface area (Å²) in [7, 11) is 0. The van der Waals surface area contributed by atoms with E-state index in [0.29, 0.717) is 6.08 Å². The zero-order valence-electron chi connectivity index (χ0n) is 17.4. The minimum absolute atomic E-state index is 0.0181. The van der Waals surface area contributed by atoms with E-state index in [-0.39, 0.29) is 23.1 Å².